The number of nitro benzene ring substituents is 2. The van der Waals surface area contributed by atoms with E-state index >= 15 is 0 Å². The van der Waals surface area contributed by atoms with Crippen LogP contribution >= 0.6 is 0 Å². The molecule has 0 radical (unpaired) electrons. The largest absolute Gasteiger partial charge is 0.356 e. The zero-order valence-electron chi connectivity index (χ0n) is 18.3. The zero-order chi connectivity index (χ0) is 24.2. The summed E-state index contributed by atoms with van der Waals surface area (Å²) in [5.74, 6) is 1.17. The Morgan fingerprint density at radius 1 is 0.970 bits per heavy atom. The molecule has 2 heterocycles. The van der Waals surface area contributed by atoms with E-state index in [-0.39, 0.29) is 18.7 Å². The lowest BCUT2D eigenvalue weighted by Gasteiger charge is -2.28. The van der Waals surface area contributed by atoms with E-state index in [1.54, 1.807) is 0 Å². The van der Waals surface area contributed by atoms with Crippen LogP contribution in [-0.2, 0) is 10.0 Å². The summed E-state index contributed by atoms with van der Waals surface area (Å²) < 4.78 is 27.5. The number of hydrogen-bond donors (Lipinski definition) is 2. The highest BCUT2D eigenvalue weighted by molar-refractivity contribution is 7.89. The normalized spacial score (nSPS) is 14.2. The molecule has 0 unspecified atom stereocenters. The molecule has 1 aliphatic heterocycles. The molecule has 2 N–H and O–H groups in total. The Labute approximate surface area is 190 Å². The summed E-state index contributed by atoms with van der Waals surface area (Å²) in [4.78, 5) is 31.2. The van der Waals surface area contributed by atoms with Gasteiger partial charge in [0.2, 0.25) is 16.0 Å². The monoisotopic (exact) mass is 479 g/mol. The second-order valence-corrected chi connectivity index (χ2v) is 9.43. The van der Waals surface area contributed by atoms with Gasteiger partial charge in [0.15, 0.2) is 0 Å². The summed E-state index contributed by atoms with van der Waals surface area (Å²) in [5.41, 5.74) is -0.721. The van der Waals surface area contributed by atoms with Gasteiger partial charge in [-0.15, -0.1) is 0 Å². The number of nitrogens with one attached hydrogen (secondary N) is 2. The summed E-state index contributed by atoms with van der Waals surface area (Å²) in [7, 11) is -4.22. The molecule has 178 valence electrons. The van der Waals surface area contributed by atoms with Crippen LogP contribution < -0.4 is 14.9 Å². The summed E-state index contributed by atoms with van der Waals surface area (Å²) in [6.07, 6.45) is 3.39. The predicted octanol–water partition coefficient (Wildman–Crippen LogP) is 2.29. The van der Waals surface area contributed by atoms with Gasteiger partial charge in [-0.1, -0.05) is 0 Å². The van der Waals surface area contributed by atoms with Gasteiger partial charge in [0, 0.05) is 50.1 Å². The van der Waals surface area contributed by atoms with Gasteiger partial charge in [0.05, 0.1) is 14.7 Å². The van der Waals surface area contributed by atoms with E-state index in [9.17, 15) is 28.6 Å². The summed E-state index contributed by atoms with van der Waals surface area (Å²) in [5, 5.41) is 25.4. The number of rotatable bonds is 9. The smallest absolute Gasteiger partial charge is 0.280 e. The van der Waals surface area contributed by atoms with Crippen LogP contribution in [0.1, 0.15) is 30.5 Å². The molecule has 0 bridgehead atoms. The first-order valence-electron chi connectivity index (χ1n) is 10.4. The van der Waals surface area contributed by atoms with E-state index in [4.69, 9.17) is 0 Å². The first kappa shape index (κ1) is 24.3. The van der Waals surface area contributed by atoms with Gasteiger partial charge >= 0.3 is 0 Å². The number of nitrogens with zero attached hydrogens (tertiary/aromatic N) is 5. The predicted molar refractivity (Wildman–Crippen MR) is 121 cm³/mol. The van der Waals surface area contributed by atoms with Gasteiger partial charge in [-0.05, 0) is 33.1 Å². The Morgan fingerprint density at radius 2 is 1.58 bits per heavy atom. The Bertz CT molecular complexity index is 1130. The molecular formula is C19H25N7O6S. The number of aryl methyl sites for hydroxylation is 1. The van der Waals surface area contributed by atoms with Crippen LogP contribution in [0.4, 0.5) is 23.1 Å². The Hall–Kier alpha value is -3.39. The van der Waals surface area contributed by atoms with E-state index in [1.165, 1.54) is 13.3 Å². The maximum absolute atomic E-state index is 12.6. The summed E-state index contributed by atoms with van der Waals surface area (Å²) in [6.45, 7) is 4.94. The second-order valence-electron chi connectivity index (χ2n) is 7.66. The number of sulfonamides is 1. The number of nitro groups is 2. The molecule has 3 rings (SSSR count). The minimum atomic E-state index is -4.22. The fourth-order valence-electron chi connectivity index (χ4n) is 3.55. The topological polar surface area (TPSA) is 174 Å². The van der Waals surface area contributed by atoms with Gasteiger partial charge in [0.1, 0.15) is 11.4 Å². The SMILES string of the molecule is Cc1cc(N2CCCCC2)nc(NCCNS(=O)(=O)c2cc([N+](=O)[O-])c(C)c([N+](=O)[O-])c2)n1. The molecule has 0 spiro atoms. The Kier molecular flexibility index (Phi) is 7.38. The Morgan fingerprint density at radius 3 is 2.15 bits per heavy atom. The van der Waals surface area contributed by atoms with Gasteiger partial charge in [-0.2, -0.15) is 4.98 Å². The lowest BCUT2D eigenvalue weighted by atomic mass is 10.1. The van der Waals surface area contributed by atoms with Crippen LogP contribution in [0.2, 0.25) is 0 Å². The van der Waals surface area contributed by atoms with Crippen LogP contribution in [0.15, 0.2) is 23.1 Å². The molecule has 0 amide bonds. The van der Waals surface area contributed by atoms with Crippen molar-refractivity contribution in [3.8, 4) is 0 Å². The van der Waals surface area contributed by atoms with E-state index < -0.39 is 36.1 Å². The lowest BCUT2D eigenvalue weighted by Crippen LogP contribution is -2.31. The molecule has 1 saturated heterocycles. The van der Waals surface area contributed by atoms with E-state index in [0.29, 0.717) is 5.95 Å². The quantitative estimate of drug-likeness (QED) is 0.308. The van der Waals surface area contributed by atoms with Gasteiger partial charge in [-0.3, -0.25) is 20.2 Å². The third kappa shape index (κ3) is 5.90. The molecule has 1 fully saturated rings. The standard InChI is InChI=1S/C19H25N7O6S/c1-13-10-18(24-8-4-3-5-9-24)23-19(22-13)20-6-7-21-33(31,32)15-11-16(25(27)28)14(2)17(12-15)26(29)30/h10-12,21H,3-9H2,1-2H3,(H,20,22,23). The highest BCUT2D eigenvalue weighted by atomic mass is 32.2. The van der Waals surface area contributed by atoms with E-state index in [1.807, 2.05) is 13.0 Å². The average Bonchev–Trinajstić information content (AvgIpc) is 2.76. The van der Waals surface area contributed by atoms with Crippen molar-refractivity contribution < 1.29 is 18.3 Å². The van der Waals surface area contributed by atoms with Crippen molar-refractivity contribution in [1.29, 1.82) is 0 Å². The van der Waals surface area contributed by atoms with Crippen LogP contribution in [0, 0.1) is 34.1 Å². The fourth-order valence-corrected chi connectivity index (χ4v) is 4.62. The molecule has 1 aliphatic rings. The molecule has 0 aliphatic carbocycles. The number of aromatic nitrogens is 2. The molecule has 2 aromatic rings. The summed E-state index contributed by atoms with van der Waals surface area (Å²) >= 11 is 0. The zero-order valence-corrected chi connectivity index (χ0v) is 19.1. The molecule has 33 heavy (non-hydrogen) atoms. The van der Waals surface area contributed by atoms with Crippen molar-refractivity contribution in [2.45, 2.75) is 38.0 Å². The van der Waals surface area contributed by atoms with Crippen molar-refractivity contribution in [2.24, 2.45) is 0 Å². The highest BCUT2D eigenvalue weighted by Gasteiger charge is 2.27. The third-order valence-corrected chi connectivity index (χ3v) is 6.69. The van der Waals surface area contributed by atoms with Gasteiger partial charge < -0.3 is 10.2 Å². The van der Waals surface area contributed by atoms with E-state index in [2.05, 4.69) is 24.9 Å². The minimum Gasteiger partial charge on any atom is -0.356 e. The maximum atomic E-state index is 12.6. The van der Waals surface area contributed by atoms with Crippen molar-refractivity contribution in [1.82, 2.24) is 14.7 Å². The van der Waals surface area contributed by atoms with Crippen LogP contribution in [0.3, 0.4) is 0 Å². The third-order valence-electron chi connectivity index (χ3n) is 5.25. The van der Waals surface area contributed by atoms with Crippen molar-refractivity contribution in [3.63, 3.8) is 0 Å². The van der Waals surface area contributed by atoms with E-state index in [0.717, 1.165) is 49.6 Å². The van der Waals surface area contributed by atoms with Crippen molar-refractivity contribution >= 4 is 33.2 Å². The number of benzene rings is 1. The first-order valence-corrected chi connectivity index (χ1v) is 11.8. The minimum absolute atomic E-state index is 0.0891. The molecule has 0 atom stereocenters. The maximum Gasteiger partial charge on any atom is 0.280 e. The van der Waals surface area contributed by atoms with Crippen LogP contribution in [-0.4, -0.2) is 54.4 Å². The van der Waals surface area contributed by atoms with Gasteiger partial charge in [-0.25, -0.2) is 18.1 Å². The number of anilines is 2. The highest BCUT2D eigenvalue weighted by Crippen LogP contribution is 2.31. The Balaban J connectivity index is 1.68. The average molecular weight is 480 g/mol. The molecule has 1 aromatic heterocycles. The van der Waals surface area contributed by atoms with Crippen molar-refractivity contribution in [2.75, 3.05) is 36.4 Å². The second kappa shape index (κ2) is 10.0. The molecule has 0 saturated carbocycles. The van der Waals surface area contributed by atoms with Crippen LogP contribution in [0.5, 0.6) is 0 Å². The van der Waals surface area contributed by atoms with Crippen molar-refractivity contribution in [3.05, 3.63) is 49.7 Å². The molecule has 14 heteroatoms. The fraction of sp³-hybridized carbons (Fsp3) is 0.474. The number of hydrogen-bond acceptors (Lipinski definition) is 10. The molecular weight excluding hydrogens is 454 g/mol. The summed E-state index contributed by atoms with van der Waals surface area (Å²) in [6, 6.07) is 3.52. The molecule has 13 nitrogen and oxygen atoms in total. The van der Waals surface area contributed by atoms with Gasteiger partial charge in [0.25, 0.3) is 11.4 Å². The van der Waals surface area contributed by atoms with Crippen LogP contribution in [0.25, 0.3) is 0 Å². The number of piperidine rings is 1. The molecule has 1 aromatic carbocycles. The lowest BCUT2D eigenvalue weighted by molar-refractivity contribution is -0.395. The first-order chi connectivity index (χ1) is 15.6.